The SMILES string of the molecule is Cn1cc(-c2cc(Oc3ccc4ncn(CCN5CCOCC5)c(=O)c4c3)ccn2)cn1. The molecule has 1 aromatic carbocycles. The predicted octanol–water partition coefficient (Wildman–Crippen LogP) is 2.32. The van der Waals surface area contributed by atoms with E-state index in [4.69, 9.17) is 9.47 Å². The zero-order valence-corrected chi connectivity index (χ0v) is 17.8. The highest BCUT2D eigenvalue weighted by molar-refractivity contribution is 5.79. The van der Waals surface area contributed by atoms with Crippen LogP contribution in [0.4, 0.5) is 0 Å². The maximum absolute atomic E-state index is 13.1. The molecule has 0 radical (unpaired) electrons. The highest BCUT2D eigenvalue weighted by Crippen LogP contribution is 2.26. The van der Waals surface area contributed by atoms with Crippen molar-refractivity contribution in [1.29, 1.82) is 0 Å². The van der Waals surface area contributed by atoms with Crippen molar-refractivity contribution in [2.24, 2.45) is 7.05 Å². The van der Waals surface area contributed by atoms with Gasteiger partial charge in [-0.15, -0.1) is 0 Å². The van der Waals surface area contributed by atoms with Gasteiger partial charge in [0.2, 0.25) is 0 Å². The first-order valence-corrected chi connectivity index (χ1v) is 10.6. The first-order valence-electron chi connectivity index (χ1n) is 10.6. The van der Waals surface area contributed by atoms with Gasteiger partial charge in [0, 0.05) is 57.3 Å². The monoisotopic (exact) mass is 432 g/mol. The van der Waals surface area contributed by atoms with Crippen molar-refractivity contribution >= 4 is 10.9 Å². The van der Waals surface area contributed by atoms with E-state index < -0.39 is 0 Å². The van der Waals surface area contributed by atoms with Crippen LogP contribution in [0.25, 0.3) is 22.2 Å². The lowest BCUT2D eigenvalue weighted by atomic mass is 10.2. The molecule has 164 valence electrons. The molecule has 0 atom stereocenters. The smallest absolute Gasteiger partial charge is 0.261 e. The Kier molecular flexibility index (Phi) is 5.66. The molecule has 5 rings (SSSR count). The number of aryl methyl sites for hydroxylation is 1. The van der Waals surface area contributed by atoms with Gasteiger partial charge >= 0.3 is 0 Å². The lowest BCUT2D eigenvalue weighted by Crippen LogP contribution is -2.39. The van der Waals surface area contributed by atoms with Gasteiger partial charge in [-0.1, -0.05) is 0 Å². The third-order valence-corrected chi connectivity index (χ3v) is 5.52. The molecule has 1 saturated heterocycles. The van der Waals surface area contributed by atoms with Crippen LogP contribution in [-0.4, -0.2) is 62.1 Å². The Morgan fingerprint density at radius 1 is 1.06 bits per heavy atom. The summed E-state index contributed by atoms with van der Waals surface area (Å²) in [6.45, 7) is 4.64. The number of benzene rings is 1. The molecular weight excluding hydrogens is 408 g/mol. The molecule has 3 aromatic heterocycles. The van der Waals surface area contributed by atoms with Gasteiger partial charge in [-0.2, -0.15) is 5.10 Å². The summed E-state index contributed by atoms with van der Waals surface area (Å²) < 4.78 is 14.8. The van der Waals surface area contributed by atoms with Crippen LogP contribution in [0.3, 0.4) is 0 Å². The van der Waals surface area contributed by atoms with Crippen LogP contribution in [0.1, 0.15) is 0 Å². The Morgan fingerprint density at radius 3 is 2.72 bits per heavy atom. The number of nitrogens with zero attached hydrogens (tertiary/aromatic N) is 6. The van der Waals surface area contributed by atoms with Gasteiger partial charge in [-0.05, 0) is 24.3 Å². The average Bonchev–Trinajstić information content (AvgIpc) is 3.26. The quantitative estimate of drug-likeness (QED) is 0.462. The van der Waals surface area contributed by atoms with Crippen molar-refractivity contribution in [2.45, 2.75) is 6.54 Å². The van der Waals surface area contributed by atoms with Crippen LogP contribution >= 0.6 is 0 Å². The van der Waals surface area contributed by atoms with Crippen LogP contribution < -0.4 is 10.3 Å². The van der Waals surface area contributed by atoms with Crippen molar-refractivity contribution in [3.05, 3.63) is 65.6 Å². The topological polar surface area (TPSA) is 87.3 Å². The van der Waals surface area contributed by atoms with Crippen LogP contribution in [0, 0.1) is 0 Å². The van der Waals surface area contributed by atoms with E-state index in [0.29, 0.717) is 28.9 Å². The second-order valence-electron chi connectivity index (χ2n) is 7.76. The summed E-state index contributed by atoms with van der Waals surface area (Å²) in [4.78, 5) is 24.2. The molecule has 0 unspecified atom stereocenters. The average molecular weight is 432 g/mol. The Hall–Kier alpha value is -3.56. The summed E-state index contributed by atoms with van der Waals surface area (Å²) in [5.74, 6) is 1.21. The normalized spacial score (nSPS) is 14.7. The lowest BCUT2D eigenvalue weighted by molar-refractivity contribution is 0.0362. The highest BCUT2D eigenvalue weighted by atomic mass is 16.5. The van der Waals surface area contributed by atoms with Gasteiger partial charge in [0.15, 0.2) is 0 Å². The minimum atomic E-state index is -0.0699. The maximum Gasteiger partial charge on any atom is 0.261 e. The number of pyridine rings is 1. The van der Waals surface area contributed by atoms with Crippen molar-refractivity contribution in [1.82, 2.24) is 29.2 Å². The minimum Gasteiger partial charge on any atom is -0.457 e. The van der Waals surface area contributed by atoms with Crippen LogP contribution in [-0.2, 0) is 18.3 Å². The fourth-order valence-electron chi connectivity index (χ4n) is 3.76. The number of rotatable bonds is 6. The van der Waals surface area contributed by atoms with E-state index in [1.165, 1.54) is 0 Å². The molecule has 0 amide bonds. The molecule has 32 heavy (non-hydrogen) atoms. The van der Waals surface area contributed by atoms with E-state index >= 15 is 0 Å². The van der Waals surface area contributed by atoms with E-state index in [-0.39, 0.29) is 5.56 Å². The Bertz CT molecular complexity index is 1290. The predicted molar refractivity (Wildman–Crippen MR) is 120 cm³/mol. The first-order chi connectivity index (χ1) is 15.7. The minimum absolute atomic E-state index is 0.0699. The first kappa shape index (κ1) is 20.3. The number of aromatic nitrogens is 5. The maximum atomic E-state index is 13.1. The third kappa shape index (κ3) is 4.39. The lowest BCUT2D eigenvalue weighted by Gasteiger charge is -2.26. The zero-order chi connectivity index (χ0) is 21.9. The molecular formula is C23H24N6O3. The molecule has 9 heteroatoms. The summed E-state index contributed by atoms with van der Waals surface area (Å²) in [7, 11) is 1.86. The molecule has 0 N–H and O–H groups in total. The van der Waals surface area contributed by atoms with Gasteiger partial charge < -0.3 is 9.47 Å². The largest absolute Gasteiger partial charge is 0.457 e. The van der Waals surface area contributed by atoms with E-state index in [0.717, 1.165) is 44.1 Å². The fraction of sp³-hybridized carbons (Fsp3) is 0.304. The second kappa shape index (κ2) is 8.89. The van der Waals surface area contributed by atoms with Crippen molar-refractivity contribution < 1.29 is 9.47 Å². The standard InChI is InChI=1S/C23H24N6O3/c1-27-15-17(14-26-27)22-13-19(4-5-24-22)32-18-2-3-21-20(12-18)23(30)29(16-25-21)7-6-28-8-10-31-11-9-28/h2-5,12-16H,6-11H2,1H3. The number of ether oxygens (including phenoxy) is 2. The van der Waals surface area contributed by atoms with Crippen molar-refractivity contribution in [2.75, 3.05) is 32.8 Å². The molecule has 1 aliphatic heterocycles. The van der Waals surface area contributed by atoms with Crippen LogP contribution in [0.15, 0.2) is 60.0 Å². The summed E-state index contributed by atoms with van der Waals surface area (Å²) in [5, 5.41) is 4.72. The summed E-state index contributed by atoms with van der Waals surface area (Å²) in [6, 6.07) is 9.01. The molecule has 0 bridgehead atoms. The second-order valence-corrected chi connectivity index (χ2v) is 7.76. The van der Waals surface area contributed by atoms with Gasteiger partial charge in [-0.3, -0.25) is 23.9 Å². The highest BCUT2D eigenvalue weighted by Gasteiger charge is 2.12. The number of fused-ring (bicyclic) bond motifs is 1. The van der Waals surface area contributed by atoms with Crippen LogP contribution in [0.5, 0.6) is 11.5 Å². The molecule has 1 aliphatic rings. The zero-order valence-electron chi connectivity index (χ0n) is 17.8. The third-order valence-electron chi connectivity index (χ3n) is 5.52. The molecule has 0 aliphatic carbocycles. The summed E-state index contributed by atoms with van der Waals surface area (Å²) >= 11 is 0. The van der Waals surface area contributed by atoms with Gasteiger partial charge in [0.1, 0.15) is 11.5 Å². The van der Waals surface area contributed by atoms with Crippen molar-refractivity contribution in [3.63, 3.8) is 0 Å². The molecule has 0 spiro atoms. The van der Waals surface area contributed by atoms with Gasteiger partial charge in [-0.25, -0.2) is 4.98 Å². The Morgan fingerprint density at radius 2 is 1.91 bits per heavy atom. The van der Waals surface area contributed by atoms with Crippen LogP contribution in [0.2, 0.25) is 0 Å². The van der Waals surface area contributed by atoms with Gasteiger partial charge in [0.25, 0.3) is 5.56 Å². The fourth-order valence-corrected chi connectivity index (χ4v) is 3.76. The molecule has 1 fully saturated rings. The summed E-state index contributed by atoms with van der Waals surface area (Å²) in [5.41, 5.74) is 2.25. The van der Waals surface area contributed by atoms with E-state index in [2.05, 4.69) is 20.0 Å². The van der Waals surface area contributed by atoms with E-state index in [1.54, 1.807) is 40.1 Å². The van der Waals surface area contributed by atoms with Crippen molar-refractivity contribution in [3.8, 4) is 22.8 Å². The number of hydrogen-bond acceptors (Lipinski definition) is 7. The molecule has 4 aromatic rings. The van der Waals surface area contributed by atoms with E-state index in [9.17, 15) is 4.79 Å². The van der Waals surface area contributed by atoms with Gasteiger partial charge in [0.05, 0.1) is 42.3 Å². The molecule has 4 heterocycles. The Balaban J connectivity index is 1.37. The molecule has 9 nitrogen and oxygen atoms in total. The summed E-state index contributed by atoms with van der Waals surface area (Å²) in [6.07, 6.45) is 6.97. The Labute approximate surface area is 184 Å². The molecule has 0 saturated carbocycles. The number of hydrogen-bond donors (Lipinski definition) is 0. The number of morpholine rings is 1. The van der Waals surface area contributed by atoms with E-state index in [1.807, 2.05) is 31.4 Å².